The Labute approximate surface area is 130 Å². The maximum Gasteiger partial charge on any atom is 0.249 e. The van der Waals surface area contributed by atoms with Crippen LogP contribution in [0, 0.1) is 11.3 Å². The molecule has 1 heterocycles. The number of phenolic OH excluding ortho intramolecular Hbond substituents is 1. The number of aromatic hydroxyl groups is 1. The minimum Gasteiger partial charge on any atom is -0.506 e. The van der Waals surface area contributed by atoms with E-state index in [-0.39, 0.29) is 5.75 Å². The molecule has 0 spiro atoms. The fourth-order valence-electron chi connectivity index (χ4n) is 2.01. The topological polar surface area (TPSA) is 77.3 Å². The molecule has 7 heteroatoms. The van der Waals surface area contributed by atoms with E-state index >= 15 is 0 Å². The number of nitrogens with one attached hydrogen (secondary N) is 2. The van der Waals surface area contributed by atoms with Gasteiger partial charge in [-0.25, -0.2) is 0 Å². The van der Waals surface area contributed by atoms with E-state index in [9.17, 15) is 5.11 Å². The predicted octanol–water partition coefficient (Wildman–Crippen LogP) is 3.77. The average molecular weight is 322 g/mol. The van der Waals surface area contributed by atoms with Crippen LogP contribution in [-0.2, 0) is 0 Å². The van der Waals surface area contributed by atoms with Crippen molar-refractivity contribution >= 4 is 34.6 Å². The molecule has 0 saturated heterocycles. The number of nitriles is 1. The van der Waals surface area contributed by atoms with Crippen LogP contribution in [0.25, 0.3) is 0 Å². The molecule has 0 saturated carbocycles. The van der Waals surface area contributed by atoms with Gasteiger partial charge >= 0.3 is 0 Å². The van der Waals surface area contributed by atoms with Gasteiger partial charge in [0.25, 0.3) is 0 Å². The summed E-state index contributed by atoms with van der Waals surface area (Å²) in [5, 5.41) is 25.5. The van der Waals surface area contributed by atoms with Gasteiger partial charge in [0.15, 0.2) is 5.75 Å². The molecule has 0 bridgehead atoms. The van der Waals surface area contributed by atoms with Crippen LogP contribution in [0.1, 0.15) is 5.56 Å². The lowest BCUT2D eigenvalue weighted by molar-refractivity contribution is 0.283. The maximum atomic E-state index is 9.86. The summed E-state index contributed by atoms with van der Waals surface area (Å²) < 4.78 is 5.59. The van der Waals surface area contributed by atoms with E-state index in [1.807, 2.05) is 6.07 Å². The number of nitrogens with zero attached hydrogens (tertiary/aromatic N) is 1. The highest BCUT2D eigenvalue weighted by molar-refractivity contribution is 6.43. The number of benzene rings is 2. The van der Waals surface area contributed by atoms with Crippen molar-refractivity contribution in [2.75, 3.05) is 10.6 Å². The summed E-state index contributed by atoms with van der Waals surface area (Å²) in [5.74, 6) is 0.341. The normalized spacial score (nSPS) is 15.6. The summed E-state index contributed by atoms with van der Waals surface area (Å²) in [5.41, 5.74) is 1.33. The third kappa shape index (κ3) is 2.51. The van der Waals surface area contributed by atoms with Crippen molar-refractivity contribution in [1.82, 2.24) is 0 Å². The molecule has 2 aromatic carbocycles. The summed E-state index contributed by atoms with van der Waals surface area (Å²) in [4.78, 5) is 0. The first-order valence-corrected chi connectivity index (χ1v) is 6.75. The number of phenols is 1. The van der Waals surface area contributed by atoms with E-state index in [4.69, 9.17) is 33.2 Å². The van der Waals surface area contributed by atoms with Crippen LogP contribution in [0.3, 0.4) is 0 Å². The van der Waals surface area contributed by atoms with Crippen LogP contribution in [0.5, 0.6) is 11.5 Å². The molecular formula is C14H9Cl2N3O2. The van der Waals surface area contributed by atoms with Crippen molar-refractivity contribution in [2.24, 2.45) is 0 Å². The smallest absolute Gasteiger partial charge is 0.249 e. The number of ether oxygens (including phenoxy) is 1. The number of rotatable bonds is 2. The molecule has 1 unspecified atom stereocenters. The van der Waals surface area contributed by atoms with Crippen molar-refractivity contribution in [2.45, 2.75) is 6.35 Å². The molecule has 1 atom stereocenters. The first-order chi connectivity index (χ1) is 10.1. The molecule has 1 aliphatic heterocycles. The van der Waals surface area contributed by atoms with Gasteiger partial charge in [-0.05, 0) is 12.1 Å². The number of hydrogen-bond acceptors (Lipinski definition) is 5. The first-order valence-electron chi connectivity index (χ1n) is 5.99. The summed E-state index contributed by atoms with van der Waals surface area (Å²) >= 11 is 12.0. The van der Waals surface area contributed by atoms with E-state index in [2.05, 4.69) is 10.6 Å². The van der Waals surface area contributed by atoms with Crippen LogP contribution in [0.15, 0.2) is 30.3 Å². The van der Waals surface area contributed by atoms with E-state index in [0.717, 1.165) is 0 Å². The van der Waals surface area contributed by atoms with Gasteiger partial charge in [0, 0.05) is 12.1 Å². The number of hydrogen-bond donors (Lipinski definition) is 3. The second-order valence-electron chi connectivity index (χ2n) is 4.37. The lowest BCUT2D eigenvalue weighted by Crippen LogP contribution is -2.29. The Morgan fingerprint density at radius 1 is 1.33 bits per heavy atom. The summed E-state index contributed by atoms with van der Waals surface area (Å²) in [6.07, 6.45) is -0.629. The second-order valence-corrected chi connectivity index (χ2v) is 5.15. The lowest BCUT2D eigenvalue weighted by atomic mass is 10.2. The van der Waals surface area contributed by atoms with Gasteiger partial charge in [0.1, 0.15) is 11.4 Å². The maximum absolute atomic E-state index is 9.86. The van der Waals surface area contributed by atoms with Crippen molar-refractivity contribution in [3.05, 3.63) is 45.9 Å². The van der Waals surface area contributed by atoms with E-state index in [0.29, 0.717) is 32.7 Å². The quantitative estimate of drug-likeness (QED) is 0.734. The summed E-state index contributed by atoms with van der Waals surface area (Å²) in [7, 11) is 0. The van der Waals surface area contributed by atoms with Crippen molar-refractivity contribution < 1.29 is 9.84 Å². The van der Waals surface area contributed by atoms with Crippen LogP contribution in [0.2, 0.25) is 10.0 Å². The van der Waals surface area contributed by atoms with Crippen LogP contribution < -0.4 is 15.4 Å². The molecule has 0 aromatic heterocycles. The van der Waals surface area contributed by atoms with Gasteiger partial charge in [-0.2, -0.15) is 5.26 Å². The third-order valence-corrected chi connectivity index (χ3v) is 3.79. The SMILES string of the molecule is N#Cc1cc(O)c2c(c1)OC(Nc1cccc(Cl)c1Cl)N2. The fraction of sp³-hybridized carbons (Fsp3) is 0.0714. The highest BCUT2D eigenvalue weighted by Crippen LogP contribution is 2.41. The van der Waals surface area contributed by atoms with Crippen molar-refractivity contribution in [3.63, 3.8) is 0 Å². The molecule has 106 valence electrons. The Kier molecular flexibility index (Phi) is 3.42. The van der Waals surface area contributed by atoms with Gasteiger partial charge < -0.3 is 20.5 Å². The average Bonchev–Trinajstić information content (AvgIpc) is 2.87. The predicted molar refractivity (Wildman–Crippen MR) is 80.9 cm³/mol. The summed E-state index contributed by atoms with van der Waals surface area (Å²) in [6.45, 7) is 0. The summed E-state index contributed by atoms with van der Waals surface area (Å²) in [6, 6.07) is 10.0. The van der Waals surface area contributed by atoms with Crippen LogP contribution in [0.4, 0.5) is 11.4 Å². The zero-order valence-corrected chi connectivity index (χ0v) is 12.0. The minimum absolute atomic E-state index is 0.0504. The van der Waals surface area contributed by atoms with Gasteiger partial charge in [-0.15, -0.1) is 0 Å². The van der Waals surface area contributed by atoms with Crippen LogP contribution in [-0.4, -0.2) is 11.5 Å². The molecule has 0 amide bonds. The third-order valence-electron chi connectivity index (χ3n) is 2.97. The molecule has 2 aromatic rings. The Morgan fingerprint density at radius 3 is 2.90 bits per heavy atom. The molecule has 0 aliphatic carbocycles. The minimum atomic E-state index is -0.629. The standard InChI is InChI=1S/C14H9Cl2N3O2/c15-8-2-1-3-9(12(8)16)18-14-19-13-10(20)4-7(6-17)5-11(13)21-14/h1-5,14,18-20H. The van der Waals surface area contributed by atoms with E-state index < -0.39 is 6.35 Å². The lowest BCUT2D eigenvalue weighted by Gasteiger charge is -2.16. The zero-order chi connectivity index (χ0) is 15.0. The van der Waals surface area contributed by atoms with Gasteiger partial charge in [0.2, 0.25) is 6.35 Å². The van der Waals surface area contributed by atoms with Crippen molar-refractivity contribution in [3.8, 4) is 17.6 Å². The Hall–Kier alpha value is -2.29. The number of anilines is 2. The van der Waals surface area contributed by atoms with Crippen LogP contribution >= 0.6 is 23.2 Å². The van der Waals surface area contributed by atoms with Crippen molar-refractivity contribution in [1.29, 1.82) is 5.26 Å². The fourth-order valence-corrected chi connectivity index (χ4v) is 2.37. The molecular weight excluding hydrogens is 313 g/mol. The highest BCUT2D eigenvalue weighted by atomic mass is 35.5. The molecule has 0 radical (unpaired) electrons. The van der Waals surface area contributed by atoms with E-state index in [1.54, 1.807) is 24.3 Å². The highest BCUT2D eigenvalue weighted by Gasteiger charge is 2.26. The largest absolute Gasteiger partial charge is 0.506 e. The Balaban J connectivity index is 1.84. The Bertz CT molecular complexity index is 759. The first kappa shape index (κ1) is 13.7. The zero-order valence-electron chi connectivity index (χ0n) is 10.5. The molecule has 3 N–H and O–H groups in total. The van der Waals surface area contributed by atoms with Gasteiger partial charge in [0.05, 0.1) is 27.4 Å². The van der Waals surface area contributed by atoms with Gasteiger partial charge in [-0.1, -0.05) is 29.3 Å². The monoisotopic (exact) mass is 321 g/mol. The second kappa shape index (κ2) is 5.24. The number of fused-ring (bicyclic) bond motifs is 1. The molecule has 21 heavy (non-hydrogen) atoms. The molecule has 3 rings (SSSR count). The molecule has 5 nitrogen and oxygen atoms in total. The molecule has 1 aliphatic rings. The van der Waals surface area contributed by atoms with E-state index in [1.165, 1.54) is 6.07 Å². The Morgan fingerprint density at radius 2 is 2.14 bits per heavy atom. The number of halogens is 2. The van der Waals surface area contributed by atoms with Gasteiger partial charge in [-0.3, -0.25) is 0 Å². The molecule has 0 fully saturated rings.